The normalized spacial score (nSPS) is 10.7. The summed E-state index contributed by atoms with van der Waals surface area (Å²) in [6.45, 7) is 4.30. The van der Waals surface area contributed by atoms with E-state index in [4.69, 9.17) is 11.6 Å². The van der Waals surface area contributed by atoms with Gasteiger partial charge in [-0.15, -0.1) is 0 Å². The smallest absolute Gasteiger partial charge is 0.261 e. The van der Waals surface area contributed by atoms with E-state index >= 15 is 0 Å². The molecular formula is C27H23ClN2O2. The van der Waals surface area contributed by atoms with Crippen LogP contribution >= 0.6 is 11.6 Å². The highest BCUT2D eigenvalue weighted by Gasteiger charge is 2.22. The SMILES string of the molecule is Cc1ccccc1NC(=O)c1c(-c2cccc(Cl)c2)n(Cc2ccccc2)c(C)cc1=O. The zero-order chi connectivity index (χ0) is 22.7. The van der Waals surface area contributed by atoms with Crippen molar-refractivity contribution in [2.75, 3.05) is 5.32 Å². The number of benzene rings is 3. The molecule has 5 heteroatoms. The molecule has 4 aromatic rings. The van der Waals surface area contributed by atoms with Crippen molar-refractivity contribution in [2.45, 2.75) is 20.4 Å². The summed E-state index contributed by atoms with van der Waals surface area (Å²) in [5.41, 5.74) is 4.45. The van der Waals surface area contributed by atoms with Gasteiger partial charge in [0.05, 0.1) is 5.69 Å². The van der Waals surface area contributed by atoms with Crippen molar-refractivity contribution in [3.05, 3.63) is 123 Å². The molecule has 160 valence electrons. The predicted molar refractivity (Wildman–Crippen MR) is 131 cm³/mol. The molecular weight excluding hydrogens is 420 g/mol. The molecule has 0 bridgehead atoms. The maximum atomic E-state index is 13.4. The maximum Gasteiger partial charge on any atom is 0.261 e. The van der Waals surface area contributed by atoms with Crippen LogP contribution in [0.1, 0.15) is 27.2 Å². The number of aryl methyl sites for hydroxylation is 2. The minimum absolute atomic E-state index is 0.0945. The van der Waals surface area contributed by atoms with Crippen molar-refractivity contribution in [1.82, 2.24) is 4.57 Å². The van der Waals surface area contributed by atoms with E-state index in [9.17, 15) is 9.59 Å². The van der Waals surface area contributed by atoms with Crippen LogP contribution in [0.25, 0.3) is 11.3 Å². The molecule has 1 aromatic heterocycles. The minimum Gasteiger partial charge on any atom is -0.340 e. The molecule has 1 heterocycles. The van der Waals surface area contributed by atoms with Gasteiger partial charge in [-0.25, -0.2) is 0 Å². The van der Waals surface area contributed by atoms with E-state index in [2.05, 4.69) is 5.32 Å². The van der Waals surface area contributed by atoms with Crippen LogP contribution in [0.2, 0.25) is 5.02 Å². The van der Waals surface area contributed by atoms with Crippen molar-refractivity contribution in [3.8, 4) is 11.3 Å². The number of nitrogens with one attached hydrogen (secondary N) is 1. The molecule has 0 unspecified atom stereocenters. The van der Waals surface area contributed by atoms with E-state index in [0.29, 0.717) is 28.5 Å². The van der Waals surface area contributed by atoms with Gasteiger partial charge in [0.25, 0.3) is 5.91 Å². The molecule has 0 aliphatic heterocycles. The number of halogens is 1. The Balaban J connectivity index is 1.92. The maximum absolute atomic E-state index is 13.4. The topological polar surface area (TPSA) is 51.1 Å². The third-order valence-electron chi connectivity index (χ3n) is 5.42. The molecule has 0 radical (unpaired) electrons. The fraction of sp³-hybridized carbons (Fsp3) is 0.111. The lowest BCUT2D eigenvalue weighted by atomic mass is 10.0. The van der Waals surface area contributed by atoms with Crippen LogP contribution in [0.3, 0.4) is 0 Å². The average Bonchev–Trinajstić information content (AvgIpc) is 2.77. The summed E-state index contributed by atoms with van der Waals surface area (Å²) in [6.07, 6.45) is 0. The lowest BCUT2D eigenvalue weighted by molar-refractivity contribution is 0.102. The molecule has 0 spiro atoms. The van der Waals surface area contributed by atoms with Gasteiger partial charge in [-0.3, -0.25) is 9.59 Å². The highest BCUT2D eigenvalue weighted by atomic mass is 35.5. The second-order valence-corrected chi connectivity index (χ2v) is 8.16. The molecule has 4 nitrogen and oxygen atoms in total. The first kappa shape index (κ1) is 21.6. The summed E-state index contributed by atoms with van der Waals surface area (Å²) in [4.78, 5) is 26.6. The Bertz CT molecular complexity index is 1340. The summed E-state index contributed by atoms with van der Waals surface area (Å²) >= 11 is 6.28. The zero-order valence-corrected chi connectivity index (χ0v) is 18.7. The van der Waals surface area contributed by atoms with E-state index in [-0.39, 0.29) is 11.0 Å². The molecule has 3 aromatic carbocycles. The Kier molecular flexibility index (Phi) is 6.24. The van der Waals surface area contributed by atoms with Gasteiger partial charge in [-0.05, 0) is 43.2 Å². The van der Waals surface area contributed by atoms with E-state index in [0.717, 1.165) is 16.8 Å². The summed E-state index contributed by atoms with van der Waals surface area (Å²) in [5.74, 6) is -0.443. The first-order valence-electron chi connectivity index (χ1n) is 10.4. The van der Waals surface area contributed by atoms with E-state index in [1.54, 1.807) is 12.1 Å². The number of anilines is 1. The van der Waals surface area contributed by atoms with Crippen molar-refractivity contribution >= 4 is 23.2 Å². The van der Waals surface area contributed by atoms with Gasteiger partial charge in [-0.2, -0.15) is 0 Å². The van der Waals surface area contributed by atoms with Crippen molar-refractivity contribution in [2.24, 2.45) is 0 Å². The number of carbonyl (C=O) groups excluding carboxylic acids is 1. The van der Waals surface area contributed by atoms with Gasteiger partial charge in [0.2, 0.25) is 0 Å². The molecule has 4 rings (SSSR count). The van der Waals surface area contributed by atoms with Crippen molar-refractivity contribution < 1.29 is 4.79 Å². The fourth-order valence-electron chi connectivity index (χ4n) is 3.79. The number of amides is 1. The number of rotatable bonds is 5. The Morgan fingerprint density at radius 2 is 1.62 bits per heavy atom. The van der Waals surface area contributed by atoms with Gasteiger partial charge < -0.3 is 9.88 Å². The Morgan fingerprint density at radius 1 is 0.906 bits per heavy atom. The number of hydrogen-bond acceptors (Lipinski definition) is 2. The van der Waals surface area contributed by atoms with Crippen LogP contribution in [0.4, 0.5) is 5.69 Å². The van der Waals surface area contributed by atoms with Gasteiger partial charge >= 0.3 is 0 Å². The summed E-state index contributed by atoms with van der Waals surface area (Å²) in [6, 6.07) is 26.2. The summed E-state index contributed by atoms with van der Waals surface area (Å²) in [7, 11) is 0. The van der Waals surface area contributed by atoms with Gasteiger partial charge in [0.1, 0.15) is 5.56 Å². The van der Waals surface area contributed by atoms with Crippen molar-refractivity contribution in [3.63, 3.8) is 0 Å². The van der Waals surface area contributed by atoms with Crippen LogP contribution in [-0.4, -0.2) is 10.5 Å². The minimum atomic E-state index is -0.443. The average molecular weight is 443 g/mol. The van der Waals surface area contributed by atoms with Crippen LogP contribution in [0.5, 0.6) is 0 Å². The summed E-state index contributed by atoms with van der Waals surface area (Å²) < 4.78 is 2.00. The molecule has 1 N–H and O–H groups in total. The van der Waals surface area contributed by atoms with E-state index < -0.39 is 5.91 Å². The Hall–Kier alpha value is -3.63. The molecule has 0 fully saturated rings. The highest BCUT2D eigenvalue weighted by Crippen LogP contribution is 2.28. The molecule has 0 atom stereocenters. The lowest BCUT2D eigenvalue weighted by Gasteiger charge is -2.21. The van der Waals surface area contributed by atoms with Crippen LogP contribution < -0.4 is 10.7 Å². The number of carbonyl (C=O) groups is 1. The Morgan fingerprint density at radius 3 is 2.34 bits per heavy atom. The Labute approximate surface area is 192 Å². The molecule has 32 heavy (non-hydrogen) atoms. The first-order chi connectivity index (χ1) is 15.4. The third kappa shape index (κ3) is 4.51. The summed E-state index contributed by atoms with van der Waals surface area (Å²) in [5, 5.41) is 3.45. The predicted octanol–water partition coefficient (Wildman–Crippen LogP) is 6.09. The van der Waals surface area contributed by atoms with Crippen LogP contribution in [0.15, 0.2) is 89.7 Å². The standard InChI is InChI=1S/C27H23ClN2O2/c1-18-9-6-7-14-23(18)29-27(32)25-24(31)15-19(2)30(17-20-10-4-3-5-11-20)26(25)21-12-8-13-22(28)16-21/h3-16H,17H2,1-2H3,(H,29,32). The van der Waals surface area contributed by atoms with Gasteiger partial charge in [-0.1, -0.05) is 72.3 Å². The number of nitrogens with zero attached hydrogens (tertiary/aromatic N) is 1. The lowest BCUT2D eigenvalue weighted by Crippen LogP contribution is -2.27. The number of aromatic nitrogens is 1. The second-order valence-electron chi connectivity index (χ2n) is 7.72. The van der Waals surface area contributed by atoms with Crippen molar-refractivity contribution in [1.29, 1.82) is 0 Å². The molecule has 0 aliphatic rings. The van der Waals surface area contributed by atoms with Crippen LogP contribution in [-0.2, 0) is 6.54 Å². The molecule has 0 saturated carbocycles. The first-order valence-corrected chi connectivity index (χ1v) is 10.7. The third-order valence-corrected chi connectivity index (χ3v) is 5.66. The van der Waals surface area contributed by atoms with Gasteiger partial charge in [0.15, 0.2) is 5.43 Å². The molecule has 0 saturated heterocycles. The van der Waals surface area contributed by atoms with E-state index in [1.165, 1.54) is 6.07 Å². The van der Waals surface area contributed by atoms with Gasteiger partial charge in [0, 0.05) is 34.6 Å². The quantitative estimate of drug-likeness (QED) is 0.406. The number of pyridine rings is 1. The van der Waals surface area contributed by atoms with Crippen LogP contribution in [0, 0.1) is 13.8 Å². The molecule has 1 amide bonds. The zero-order valence-electron chi connectivity index (χ0n) is 17.9. The highest BCUT2D eigenvalue weighted by molar-refractivity contribution is 6.30. The monoisotopic (exact) mass is 442 g/mol. The van der Waals surface area contributed by atoms with E-state index in [1.807, 2.05) is 85.1 Å². The molecule has 0 aliphatic carbocycles. The fourth-order valence-corrected chi connectivity index (χ4v) is 3.98. The largest absolute Gasteiger partial charge is 0.340 e. The number of hydrogen-bond donors (Lipinski definition) is 1. The second kappa shape index (κ2) is 9.25. The number of para-hydroxylation sites is 1.